The molecule has 2 aromatic carbocycles. The number of aliphatic hydroxyl groups is 1. The summed E-state index contributed by atoms with van der Waals surface area (Å²) in [6.45, 7) is 7.03. The van der Waals surface area contributed by atoms with Crippen LogP contribution < -0.4 is 0 Å². The van der Waals surface area contributed by atoms with Crippen LogP contribution in [0.5, 0.6) is 0 Å². The smallest absolute Gasteiger partial charge is 0.338 e. The highest BCUT2D eigenvalue weighted by Gasteiger charge is 2.80. The molecule has 6 rings (SSSR count). The first kappa shape index (κ1) is 32.2. The summed E-state index contributed by atoms with van der Waals surface area (Å²) in [4.78, 5) is 53.5. The van der Waals surface area contributed by atoms with Gasteiger partial charge in [0.1, 0.15) is 23.2 Å². The minimum atomic E-state index is -2.36. The van der Waals surface area contributed by atoms with Crippen molar-refractivity contribution in [1.29, 1.82) is 0 Å². The van der Waals surface area contributed by atoms with Gasteiger partial charge >= 0.3 is 23.9 Å². The molecule has 4 fully saturated rings. The van der Waals surface area contributed by atoms with E-state index in [1.807, 2.05) is 6.92 Å². The molecule has 3 aliphatic carbocycles. The van der Waals surface area contributed by atoms with Crippen molar-refractivity contribution >= 4 is 23.9 Å². The van der Waals surface area contributed by atoms with Gasteiger partial charge in [0.15, 0.2) is 6.10 Å². The number of carbonyl (C=O) groups excluding carboxylic acids is 3. The fourth-order valence-electron chi connectivity index (χ4n) is 9.55. The first-order chi connectivity index (χ1) is 21.8. The fourth-order valence-corrected chi connectivity index (χ4v) is 9.55. The molecule has 1 saturated heterocycles. The quantitative estimate of drug-likeness (QED) is 0.339. The summed E-state index contributed by atoms with van der Waals surface area (Å²) in [5.74, 6) is -4.33. The molecule has 2 aromatic rings. The molecule has 0 spiro atoms. The predicted octanol–water partition coefficient (Wildman–Crippen LogP) is 4.68. The van der Waals surface area contributed by atoms with Crippen molar-refractivity contribution in [1.82, 2.24) is 0 Å². The summed E-state index contributed by atoms with van der Waals surface area (Å²) < 4.78 is 24.4. The van der Waals surface area contributed by atoms with Gasteiger partial charge in [0.05, 0.1) is 17.2 Å². The molecule has 0 bridgehead atoms. The molecule has 1 aliphatic heterocycles. The Morgan fingerprint density at radius 1 is 0.870 bits per heavy atom. The number of fused-ring (bicyclic) bond motifs is 4. The highest BCUT2D eigenvalue weighted by atomic mass is 16.6. The summed E-state index contributed by atoms with van der Waals surface area (Å²) in [7, 11) is 0. The number of ether oxygens (including phenoxy) is 4. The Morgan fingerprint density at radius 2 is 1.46 bits per heavy atom. The Hall–Kier alpha value is -3.76. The van der Waals surface area contributed by atoms with E-state index in [1.165, 1.54) is 13.8 Å². The van der Waals surface area contributed by atoms with Crippen LogP contribution in [0.4, 0.5) is 0 Å². The number of benzene rings is 2. The average Bonchev–Trinajstić information content (AvgIpc) is 3.52. The van der Waals surface area contributed by atoms with Crippen LogP contribution in [0.15, 0.2) is 60.7 Å². The van der Waals surface area contributed by atoms with Crippen LogP contribution in [-0.4, -0.2) is 70.7 Å². The van der Waals surface area contributed by atoms with Crippen molar-refractivity contribution in [3.63, 3.8) is 0 Å². The Balaban J connectivity index is 1.57. The standard InChI is InChI=1S/C36H42O10/c1-20-24-16-18-43-26(24)19-25-28(20)29(45-31(38)22-11-7-5-8-12-22)30(46-32(39)23-13-9-6-10-14-23)36(42)34(25,3)17-15-27(44-21(2)37)35(36,4)33(40)41/h5-14,20,24-30,42H,15-19H2,1-4H3,(H,40,41). The van der Waals surface area contributed by atoms with Crippen molar-refractivity contribution in [3.05, 3.63) is 71.8 Å². The molecule has 2 N–H and O–H groups in total. The molecule has 1 heterocycles. The van der Waals surface area contributed by atoms with Gasteiger partial charge in [-0.3, -0.25) is 9.59 Å². The van der Waals surface area contributed by atoms with Crippen LogP contribution >= 0.6 is 0 Å². The van der Waals surface area contributed by atoms with Gasteiger partial charge in [0, 0.05) is 24.9 Å². The molecule has 3 saturated carbocycles. The van der Waals surface area contributed by atoms with E-state index in [2.05, 4.69) is 6.92 Å². The number of carboxylic acid groups (broad SMARTS) is 1. The number of carboxylic acids is 1. The summed E-state index contributed by atoms with van der Waals surface area (Å²) >= 11 is 0. The molecule has 0 radical (unpaired) electrons. The second-order valence-electron chi connectivity index (χ2n) is 13.9. The minimum Gasteiger partial charge on any atom is -0.481 e. The second-order valence-corrected chi connectivity index (χ2v) is 13.9. The molecule has 0 amide bonds. The lowest BCUT2D eigenvalue weighted by atomic mass is 9.38. The highest BCUT2D eigenvalue weighted by molar-refractivity contribution is 5.90. The summed E-state index contributed by atoms with van der Waals surface area (Å²) in [6, 6.07) is 16.6. The maximum absolute atomic E-state index is 13.9. The molecule has 11 atom stereocenters. The first-order valence-electron chi connectivity index (χ1n) is 16.1. The molecular weight excluding hydrogens is 592 g/mol. The number of esters is 3. The van der Waals surface area contributed by atoms with Crippen LogP contribution in [0.1, 0.15) is 74.1 Å². The van der Waals surface area contributed by atoms with E-state index in [4.69, 9.17) is 18.9 Å². The van der Waals surface area contributed by atoms with Crippen LogP contribution in [-0.2, 0) is 28.5 Å². The van der Waals surface area contributed by atoms with Crippen molar-refractivity contribution in [3.8, 4) is 0 Å². The molecule has 4 aliphatic rings. The van der Waals surface area contributed by atoms with Crippen LogP contribution in [0, 0.1) is 34.5 Å². The Kier molecular flexibility index (Phi) is 8.26. The monoisotopic (exact) mass is 634 g/mol. The lowest BCUT2D eigenvalue weighted by Crippen LogP contribution is -2.82. The van der Waals surface area contributed by atoms with Gasteiger partial charge in [-0.15, -0.1) is 0 Å². The molecule has 11 unspecified atom stereocenters. The maximum Gasteiger partial charge on any atom is 0.338 e. The van der Waals surface area contributed by atoms with E-state index in [1.54, 1.807) is 60.7 Å². The molecule has 10 nitrogen and oxygen atoms in total. The van der Waals surface area contributed by atoms with Gasteiger partial charge in [-0.1, -0.05) is 50.2 Å². The fraction of sp³-hybridized carbons (Fsp3) is 0.556. The number of aliphatic carboxylic acids is 1. The topological polar surface area (TPSA) is 146 Å². The third kappa shape index (κ3) is 4.75. The number of hydrogen-bond acceptors (Lipinski definition) is 9. The predicted molar refractivity (Wildman–Crippen MR) is 163 cm³/mol. The molecule has 246 valence electrons. The largest absolute Gasteiger partial charge is 0.481 e. The molecular formula is C36H42O10. The van der Waals surface area contributed by atoms with Crippen LogP contribution in [0.25, 0.3) is 0 Å². The van der Waals surface area contributed by atoms with E-state index in [-0.39, 0.29) is 47.8 Å². The van der Waals surface area contributed by atoms with Crippen molar-refractivity contribution in [2.24, 2.45) is 34.5 Å². The van der Waals surface area contributed by atoms with Gasteiger partial charge in [-0.25, -0.2) is 9.59 Å². The average molecular weight is 635 g/mol. The molecule has 0 aromatic heterocycles. The zero-order chi connectivity index (χ0) is 33.0. The number of hydrogen-bond donors (Lipinski definition) is 2. The van der Waals surface area contributed by atoms with Gasteiger partial charge in [-0.2, -0.15) is 0 Å². The zero-order valence-electron chi connectivity index (χ0n) is 26.6. The number of carbonyl (C=O) groups is 4. The van der Waals surface area contributed by atoms with Crippen LogP contribution in [0.3, 0.4) is 0 Å². The van der Waals surface area contributed by atoms with Gasteiger partial charge in [-0.05, 0) is 74.6 Å². The number of rotatable bonds is 6. The van der Waals surface area contributed by atoms with E-state index in [0.29, 0.717) is 13.0 Å². The second kappa shape index (κ2) is 11.8. The minimum absolute atomic E-state index is 0.0820. The Labute approximate surface area is 268 Å². The highest BCUT2D eigenvalue weighted by Crippen LogP contribution is 2.69. The summed E-state index contributed by atoms with van der Waals surface area (Å²) in [5.41, 5.74) is -5.24. The molecule has 10 heteroatoms. The van der Waals surface area contributed by atoms with Gasteiger partial charge < -0.3 is 29.2 Å². The summed E-state index contributed by atoms with van der Waals surface area (Å²) in [6.07, 6.45) is -2.47. The Bertz CT molecular complexity index is 1490. The van der Waals surface area contributed by atoms with E-state index < -0.39 is 64.5 Å². The van der Waals surface area contributed by atoms with Crippen molar-refractivity contribution in [2.45, 2.75) is 83.4 Å². The third-order valence-electron chi connectivity index (χ3n) is 11.9. The van der Waals surface area contributed by atoms with E-state index >= 15 is 0 Å². The zero-order valence-corrected chi connectivity index (χ0v) is 26.6. The SMILES string of the molecule is CC(=O)OC1CCC2(C)C3CC4OCCC4C(C)C3C(OC(=O)c3ccccc3)C(OC(=O)c3ccccc3)C2(O)C1(C)C(=O)O. The maximum atomic E-state index is 13.9. The van der Waals surface area contributed by atoms with Gasteiger partial charge in [0.25, 0.3) is 0 Å². The van der Waals surface area contributed by atoms with Gasteiger partial charge in [0.2, 0.25) is 0 Å². The van der Waals surface area contributed by atoms with Crippen molar-refractivity contribution in [2.75, 3.05) is 6.61 Å². The Morgan fingerprint density at radius 3 is 2.02 bits per heavy atom. The lowest BCUT2D eigenvalue weighted by molar-refractivity contribution is -0.336. The first-order valence-corrected chi connectivity index (χ1v) is 16.1. The summed E-state index contributed by atoms with van der Waals surface area (Å²) in [5, 5.41) is 24.4. The van der Waals surface area contributed by atoms with E-state index in [0.717, 1.165) is 6.42 Å². The van der Waals surface area contributed by atoms with Crippen LogP contribution in [0.2, 0.25) is 0 Å². The third-order valence-corrected chi connectivity index (χ3v) is 11.9. The molecule has 46 heavy (non-hydrogen) atoms. The lowest BCUT2D eigenvalue weighted by Gasteiger charge is -2.69. The normalized spacial score (nSPS) is 39.6. The van der Waals surface area contributed by atoms with E-state index in [9.17, 15) is 29.4 Å². The van der Waals surface area contributed by atoms with Crippen molar-refractivity contribution < 1.29 is 48.3 Å².